The first-order chi connectivity index (χ1) is 9.27. The first kappa shape index (κ1) is 14.6. The van der Waals surface area contributed by atoms with Gasteiger partial charge in [-0.2, -0.15) is 13.2 Å². The molecule has 3 nitrogen and oxygen atoms in total. The molecule has 0 radical (unpaired) electrons. The van der Waals surface area contributed by atoms with Gasteiger partial charge in [0.1, 0.15) is 0 Å². The quantitative estimate of drug-likeness (QED) is 0.907. The van der Waals surface area contributed by atoms with Gasteiger partial charge >= 0.3 is 6.18 Å². The number of nitrogens with two attached hydrogens (primary N) is 1. The maximum atomic E-state index is 12.6. The highest BCUT2D eigenvalue weighted by atomic mass is 79.9. The van der Waals surface area contributed by atoms with Crippen LogP contribution < -0.4 is 11.2 Å². The molecule has 1 aromatic carbocycles. The van der Waals surface area contributed by atoms with Gasteiger partial charge in [-0.25, -0.2) is 0 Å². The van der Waals surface area contributed by atoms with E-state index < -0.39 is 11.7 Å². The third-order valence-electron chi connectivity index (χ3n) is 2.68. The zero-order valence-corrected chi connectivity index (χ0v) is 11.7. The number of halogens is 4. The Bertz CT molecular complexity index is 668. The van der Waals surface area contributed by atoms with Gasteiger partial charge in [-0.1, -0.05) is 12.1 Å². The Morgan fingerprint density at radius 1 is 1.25 bits per heavy atom. The van der Waals surface area contributed by atoms with Gasteiger partial charge < -0.3 is 10.3 Å². The molecule has 2 aromatic rings. The molecule has 1 heterocycles. The first-order valence-electron chi connectivity index (χ1n) is 5.58. The lowest BCUT2D eigenvalue weighted by molar-refractivity contribution is -0.137. The van der Waals surface area contributed by atoms with Crippen LogP contribution in [0.3, 0.4) is 0 Å². The number of hydrogen-bond acceptors (Lipinski definition) is 2. The number of rotatable bonds is 2. The molecule has 0 saturated carbocycles. The molecule has 0 aliphatic carbocycles. The van der Waals surface area contributed by atoms with Crippen LogP contribution in [0.15, 0.2) is 45.9 Å². The number of hydrogen-bond donors (Lipinski definition) is 1. The highest BCUT2D eigenvalue weighted by Crippen LogP contribution is 2.29. The second-order valence-corrected chi connectivity index (χ2v) is 5.12. The molecular weight excluding hydrogens is 337 g/mol. The Morgan fingerprint density at radius 3 is 2.55 bits per heavy atom. The van der Waals surface area contributed by atoms with Crippen molar-refractivity contribution in [1.29, 1.82) is 0 Å². The number of pyridine rings is 1. The van der Waals surface area contributed by atoms with Crippen molar-refractivity contribution in [1.82, 2.24) is 4.57 Å². The summed E-state index contributed by atoms with van der Waals surface area (Å²) in [6.45, 7) is 0.188. The minimum absolute atomic E-state index is 0.0337. The van der Waals surface area contributed by atoms with Crippen LogP contribution >= 0.6 is 15.9 Å². The third kappa shape index (κ3) is 3.22. The van der Waals surface area contributed by atoms with Gasteiger partial charge in [-0.3, -0.25) is 4.79 Å². The van der Waals surface area contributed by atoms with Crippen molar-refractivity contribution in [3.05, 3.63) is 62.5 Å². The number of nitrogens with zero attached hydrogens (tertiary/aromatic N) is 1. The Hall–Kier alpha value is -1.76. The third-order valence-corrected chi connectivity index (χ3v) is 3.25. The predicted molar refractivity (Wildman–Crippen MR) is 73.4 cm³/mol. The summed E-state index contributed by atoms with van der Waals surface area (Å²) in [6.07, 6.45) is -1.49. The van der Waals surface area contributed by atoms with Crippen LogP contribution in [-0.4, -0.2) is 4.57 Å². The molecule has 0 amide bonds. The van der Waals surface area contributed by atoms with Gasteiger partial charge in [-0.05, 0) is 33.6 Å². The molecule has 7 heteroatoms. The molecule has 2 N–H and O–H groups in total. The second-order valence-electron chi connectivity index (χ2n) is 4.26. The lowest BCUT2D eigenvalue weighted by Crippen LogP contribution is -2.14. The summed E-state index contributed by atoms with van der Waals surface area (Å²) in [4.78, 5) is 11.4. The summed E-state index contributed by atoms with van der Waals surface area (Å²) in [5, 5.41) is 0. The maximum Gasteiger partial charge on any atom is 0.416 e. The number of anilines is 1. The van der Waals surface area contributed by atoms with E-state index in [0.29, 0.717) is 5.56 Å². The van der Waals surface area contributed by atoms with E-state index in [9.17, 15) is 18.0 Å². The molecule has 0 fully saturated rings. The fraction of sp³-hybridized carbons (Fsp3) is 0.154. The van der Waals surface area contributed by atoms with Gasteiger partial charge in [0.2, 0.25) is 5.43 Å². The zero-order valence-electron chi connectivity index (χ0n) is 10.1. The van der Waals surface area contributed by atoms with Crippen LogP contribution in [0.1, 0.15) is 11.1 Å². The normalized spacial score (nSPS) is 11.6. The van der Waals surface area contributed by atoms with Crippen molar-refractivity contribution in [2.45, 2.75) is 12.7 Å². The molecule has 1 aromatic heterocycles. The van der Waals surface area contributed by atoms with Crippen molar-refractivity contribution in [3.63, 3.8) is 0 Å². The minimum Gasteiger partial charge on any atom is -0.394 e. The van der Waals surface area contributed by atoms with Crippen LogP contribution in [0, 0.1) is 0 Å². The number of benzene rings is 1. The predicted octanol–water partition coefficient (Wildman–Crippen LogP) is 3.26. The van der Waals surface area contributed by atoms with Gasteiger partial charge in [0, 0.05) is 18.9 Å². The molecule has 0 spiro atoms. The SMILES string of the molecule is Nc1cn(Cc2cccc(C(F)(F)F)c2)cc(Br)c1=O. The van der Waals surface area contributed by atoms with E-state index in [4.69, 9.17) is 5.73 Å². The van der Waals surface area contributed by atoms with Crippen LogP contribution in [0.4, 0.5) is 18.9 Å². The van der Waals surface area contributed by atoms with E-state index in [2.05, 4.69) is 15.9 Å². The van der Waals surface area contributed by atoms with E-state index in [0.717, 1.165) is 12.1 Å². The van der Waals surface area contributed by atoms with Crippen molar-refractivity contribution in [2.24, 2.45) is 0 Å². The molecule has 20 heavy (non-hydrogen) atoms. The average Bonchev–Trinajstić information content (AvgIpc) is 2.35. The number of alkyl halides is 3. The Morgan fingerprint density at radius 2 is 1.95 bits per heavy atom. The zero-order chi connectivity index (χ0) is 14.9. The van der Waals surface area contributed by atoms with Crippen molar-refractivity contribution in [3.8, 4) is 0 Å². The summed E-state index contributed by atoms with van der Waals surface area (Å²) in [7, 11) is 0. The highest BCUT2D eigenvalue weighted by Gasteiger charge is 2.30. The molecule has 2 rings (SSSR count). The maximum absolute atomic E-state index is 12.6. The van der Waals surface area contributed by atoms with Crippen LogP contribution in [0.2, 0.25) is 0 Å². The Kier molecular flexibility index (Phi) is 3.89. The van der Waals surface area contributed by atoms with E-state index in [-0.39, 0.29) is 22.1 Å². The van der Waals surface area contributed by atoms with E-state index >= 15 is 0 Å². The largest absolute Gasteiger partial charge is 0.416 e. The van der Waals surface area contributed by atoms with Crippen LogP contribution in [0.5, 0.6) is 0 Å². The van der Waals surface area contributed by atoms with Gasteiger partial charge in [0.05, 0.1) is 15.7 Å². The standard InChI is InChI=1S/C13H10BrF3N2O/c14-10-6-19(7-11(18)12(10)20)5-8-2-1-3-9(4-8)13(15,16)17/h1-4,6-7H,5,18H2. The van der Waals surface area contributed by atoms with Crippen LogP contribution in [0.25, 0.3) is 0 Å². The van der Waals surface area contributed by atoms with Crippen molar-refractivity contribution in [2.75, 3.05) is 5.73 Å². The van der Waals surface area contributed by atoms with E-state index in [1.54, 1.807) is 10.6 Å². The average molecular weight is 347 g/mol. The lowest BCUT2D eigenvalue weighted by Gasteiger charge is -2.11. The number of nitrogen functional groups attached to an aromatic ring is 1. The Balaban J connectivity index is 2.33. The van der Waals surface area contributed by atoms with Gasteiger partial charge in [-0.15, -0.1) is 0 Å². The lowest BCUT2D eigenvalue weighted by atomic mass is 10.1. The first-order valence-corrected chi connectivity index (χ1v) is 6.38. The summed E-state index contributed by atoms with van der Waals surface area (Å²) >= 11 is 3.06. The molecule has 0 bridgehead atoms. The second kappa shape index (κ2) is 5.32. The van der Waals surface area contributed by atoms with E-state index in [1.165, 1.54) is 18.5 Å². The van der Waals surface area contributed by atoms with E-state index in [1.807, 2.05) is 0 Å². The molecule has 106 valence electrons. The molecule has 0 aliphatic heterocycles. The topological polar surface area (TPSA) is 48.0 Å². The summed E-state index contributed by atoms with van der Waals surface area (Å²) < 4.78 is 39.7. The monoisotopic (exact) mass is 346 g/mol. The highest BCUT2D eigenvalue weighted by molar-refractivity contribution is 9.10. The molecule has 0 saturated heterocycles. The van der Waals surface area contributed by atoms with Crippen molar-refractivity contribution < 1.29 is 13.2 Å². The summed E-state index contributed by atoms with van der Waals surface area (Å²) in [5.41, 5.74) is 4.98. The molecule has 0 unspecified atom stereocenters. The fourth-order valence-electron chi connectivity index (χ4n) is 1.76. The number of aromatic nitrogens is 1. The summed E-state index contributed by atoms with van der Waals surface area (Å²) in [5.74, 6) is 0. The fourth-order valence-corrected chi connectivity index (χ4v) is 2.26. The van der Waals surface area contributed by atoms with Crippen LogP contribution in [-0.2, 0) is 12.7 Å². The van der Waals surface area contributed by atoms with Gasteiger partial charge in [0.25, 0.3) is 0 Å². The van der Waals surface area contributed by atoms with Crippen molar-refractivity contribution >= 4 is 21.6 Å². The minimum atomic E-state index is -4.38. The molecular formula is C13H10BrF3N2O. The Labute approximate surface area is 121 Å². The van der Waals surface area contributed by atoms with Gasteiger partial charge in [0.15, 0.2) is 0 Å². The summed E-state index contributed by atoms with van der Waals surface area (Å²) in [6, 6.07) is 5.01. The molecule has 0 atom stereocenters. The molecule has 0 aliphatic rings. The smallest absolute Gasteiger partial charge is 0.394 e.